The number of ether oxygens (including phenoxy) is 1. The Morgan fingerprint density at radius 2 is 1.88 bits per heavy atom. The number of hydrogen-bond acceptors (Lipinski definition) is 2. The Hall–Kier alpha value is -1.52. The molecule has 5 heteroatoms. The number of benzene rings is 1. The quantitative estimate of drug-likeness (QED) is 0.763. The van der Waals surface area contributed by atoms with Gasteiger partial charge in [-0.2, -0.15) is 13.2 Å². The summed E-state index contributed by atoms with van der Waals surface area (Å²) in [7, 11) is 1.33. The minimum absolute atomic E-state index is 0.00965. The summed E-state index contributed by atoms with van der Waals surface area (Å²) in [6.45, 7) is 3.38. The number of ketones is 1. The van der Waals surface area contributed by atoms with E-state index >= 15 is 0 Å². The van der Waals surface area contributed by atoms with Gasteiger partial charge in [0, 0.05) is 0 Å². The summed E-state index contributed by atoms with van der Waals surface area (Å²) in [4.78, 5) is 11.6. The van der Waals surface area contributed by atoms with Crippen LogP contribution >= 0.6 is 0 Å². The Kier molecular flexibility index (Phi) is 3.80. The van der Waals surface area contributed by atoms with Crippen molar-refractivity contribution in [2.24, 2.45) is 0 Å². The molecule has 0 spiro atoms. The van der Waals surface area contributed by atoms with Crippen molar-refractivity contribution >= 4 is 5.78 Å². The molecule has 0 fully saturated rings. The summed E-state index contributed by atoms with van der Waals surface area (Å²) in [6, 6.07) is 3.21. The van der Waals surface area contributed by atoms with Crippen LogP contribution < -0.4 is 4.74 Å². The fraction of sp³-hybridized carbons (Fsp3) is 0.417. The van der Waals surface area contributed by atoms with Gasteiger partial charge in [0.25, 0.3) is 0 Å². The van der Waals surface area contributed by atoms with Gasteiger partial charge in [0.2, 0.25) is 0 Å². The predicted molar refractivity (Wildman–Crippen MR) is 57.5 cm³/mol. The minimum atomic E-state index is -4.50. The second-order valence-corrected chi connectivity index (χ2v) is 3.87. The molecule has 1 aromatic carbocycles. The molecule has 0 saturated heterocycles. The zero-order valence-corrected chi connectivity index (χ0v) is 9.81. The Labute approximate surface area is 97.4 Å². The van der Waals surface area contributed by atoms with E-state index in [1.807, 2.05) is 0 Å². The number of aryl methyl sites for hydroxylation is 2. The molecule has 0 heterocycles. The molecule has 0 saturated carbocycles. The van der Waals surface area contributed by atoms with Crippen molar-refractivity contribution < 1.29 is 22.7 Å². The smallest absolute Gasteiger partial charge is 0.396 e. The lowest BCUT2D eigenvalue weighted by Crippen LogP contribution is -2.16. The summed E-state index contributed by atoms with van der Waals surface area (Å²) in [6.07, 6.45) is -5.97. The summed E-state index contributed by atoms with van der Waals surface area (Å²) in [5.41, 5.74) is 1.34. The van der Waals surface area contributed by atoms with Crippen molar-refractivity contribution in [3.8, 4) is 5.75 Å². The molecule has 0 aliphatic heterocycles. The van der Waals surface area contributed by atoms with E-state index in [2.05, 4.69) is 0 Å². The fourth-order valence-corrected chi connectivity index (χ4v) is 1.72. The number of halogens is 3. The minimum Gasteiger partial charge on any atom is -0.496 e. The Morgan fingerprint density at radius 3 is 2.35 bits per heavy atom. The SMILES string of the molecule is COc1cc(C)cc(C)c1C(=O)CC(F)(F)F. The van der Waals surface area contributed by atoms with Crippen LogP contribution in [0.3, 0.4) is 0 Å². The van der Waals surface area contributed by atoms with Gasteiger partial charge in [0.1, 0.15) is 12.2 Å². The summed E-state index contributed by atoms with van der Waals surface area (Å²) in [5.74, 6) is -0.774. The first-order chi connectivity index (χ1) is 7.74. The van der Waals surface area contributed by atoms with E-state index in [1.54, 1.807) is 26.0 Å². The molecule has 0 unspecified atom stereocenters. The van der Waals surface area contributed by atoms with E-state index in [9.17, 15) is 18.0 Å². The Bertz CT molecular complexity index is 436. The Morgan fingerprint density at radius 1 is 1.29 bits per heavy atom. The van der Waals surface area contributed by atoms with Crippen LogP contribution in [0.15, 0.2) is 12.1 Å². The van der Waals surface area contributed by atoms with Crippen LogP contribution in [0.1, 0.15) is 27.9 Å². The van der Waals surface area contributed by atoms with Gasteiger partial charge < -0.3 is 4.74 Å². The highest BCUT2D eigenvalue weighted by molar-refractivity contribution is 6.00. The Balaban J connectivity index is 3.17. The summed E-state index contributed by atoms with van der Waals surface area (Å²) < 4.78 is 41.5. The molecule has 0 bridgehead atoms. The first kappa shape index (κ1) is 13.5. The number of rotatable bonds is 3. The number of carbonyl (C=O) groups excluding carboxylic acids is 1. The van der Waals surface area contributed by atoms with Crippen LogP contribution in [0, 0.1) is 13.8 Å². The standard InChI is InChI=1S/C12H13F3O2/c1-7-4-8(2)11(10(5-7)17-3)9(16)6-12(13,14)15/h4-5H,6H2,1-3H3. The van der Waals surface area contributed by atoms with Crippen molar-refractivity contribution in [1.82, 2.24) is 0 Å². The van der Waals surface area contributed by atoms with Gasteiger partial charge in [-0.05, 0) is 31.0 Å². The fourth-order valence-electron chi connectivity index (χ4n) is 1.72. The maximum Gasteiger partial charge on any atom is 0.396 e. The lowest BCUT2D eigenvalue weighted by atomic mass is 9.99. The average molecular weight is 246 g/mol. The lowest BCUT2D eigenvalue weighted by molar-refractivity contribution is -0.125. The number of carbonyl (C=O) groups is 1. The van der Waals surface area contributed by atoms with Gasteiger partial charge in [-0.1, -0.05) is 6.07 Å². The molecular formula is C12H13F3O2. The zero-order valence-electron chi connectivity index (χ0n) is 9.81. The summed E-state index contributed by atoms with van der Waals surface area (Å²) >= 11 is 0. The molecule has 0 aliphatic carbocycles. The molecule has 1 aromatic rings. The first-order valence-corrected chi connectivity index (χ1v) is 5.00. The monoisotopic (exact) mass is 246 g/mol. The van der Waals surface area contributed by atoms with Gasteiger partial charge >= 0.3 is 6.18 Å². The van der Waals surface area contributed by atoms with E-state index in [4.69, 9.17) is 4.74 Å². The molecule has 1 rings (SSSR count). The lowest BCUT2D eigenvalue weighted by Gasteiger charge is -2.13. The normalized spacial score (nSPS) is 11.4. The first-order valence-electron chi connectivity index (χ1n) is 5.00. The third kappa shape index (κ3) is 3.47. The highest BCUT2D eigenvalue weighted by Gasteiger charge is 2.33. The molecule has 0 aromatic heterocycles. The van der Waals surface area contributed by atoms with Crippen LogP contribution in [0.2, 0.25) is 0 Å². The predicted octanol–water partition coefficient (Wildman–Crippen LogP) is 3.45. The second-order valence-electron chi connectivity index (χ2n) is 3.87. The van der Waals surface area contributed by atoms with E-state index in [-0.39, 0.29) is 11.3 Å². The molecule has 0 N–H and O–H groups in total. The number of methoxy groups -OCH3 is 1. The van der Waals surface area contributed by atoms with Crippen molar-refractivity contribution in [3.05, 3.63) is 28.8 Å². The van der Waals surface area contributed by atoms with Crippen LogP contribution in [0.5, 0.6) is 5.75 Å². The van der Waals surface area contributed by atoms with E-state index in [1.165, 1.54) is 7.11 Å². The number of Topliss-reactive ketones (excluding diaryl/α,β-unsaturated/α-hetero) is 1. The van der Waals surface area contributed by atoms with E-state index < -0.39 is 18.4 Å². The summed E-state index contributed by atoms with van der Waals surface area (Å²) in [5, 5.41) is 0. The molecule has 2 nitrogen and oxygen atoms in total. The van der Waals surface area contributed by atoms with Crippen molar-refractivity contribution in [3.63, 3.8) is 0 Å². The second kappa shape index (κ2) is 4.77. The average Bonchev–Trinajstić information content (AvgIpc) is 2.12. The molecule has 0 radical (unpaired) electrons. The van der Waals surface area contributed by atoms with Crippen LogP contribution in [-0.4, -0.2) is 19.1 Å². The van der Waals surface area contributed by atoms with E-state index in [0.29, 0.717) is 5.56 Å². The molecular weight excluding hydrogens is 233 g/mol. The van der Waals surface area contributed by atoms with Gasteiger partial charge in [0.05, 0.1) is 12.7 Å². The maximum atomic E-state index is 12.2. The highest BCUT2D eigenvalue weighted by Crippen LogP contribution is 2.29. The van der Waals surface area contributed by atoms with Gasteiger partial charge in [0.15, 0.2) is 5.78 Å². The van der Waals surface area contributed by atoms with Gasteiger partial charge in [-0.3, -0.25) is 4.79 Å². The third-order valence-corrected chi connectivity index (χ3v) is 2.30. The molecule has 17 heavy (non-hydrogen) atoms. The third-order valence-electron chi connectivity index (χ3n) is 2.30. The topological polar surface area (TPSA) is 26.3 Å². The molecule has 0 atom stereocenters. The molecule has 0 amide bonds. The van der Waals surface area contributed by atoms with Crippen LogP contribution in [0.25, 0.3) is 0 Å². The van der Waals surface area contributed by atoms with Crippen LogP contribution in [0.4, 0.5) is 13.2 Å². The largest absolute Gasteiger partial charge is 0.496 e. The zero-order chi connectivity index (χ0) is 13.2. The molecule has 94 valence electrons. The van der Waals surface area contributed by atoms with Gasteiger partial charge in [-0.25, -0.2) is 0 Å². The van der Waals surface area contributed by atoms with Crippen molar-refractivity contribution in [2.45, 2.75) is 26.4 Å². The maximum absolute atomic E-state index is 12.2. The van der Waals surface area contributed by atoms with E-state index in [0.717, 1.165) is 5.56 Å². The number of alkyl halides is 3. The van der Waals surface area contributed by atoms with Crippen molar-refractivity contribution in [2.75, 3.05) is 7.11 Å². The highest BCUT2D eigenvalue weighted by atomic mass is 19.4. The van der Waals surface area contributed by atoms with Crippen LogP contribution in [-0.2, 0) is 0 Å². The van der Waals surface area contributed by atoms with Crippen molar-refractivity contribution in [1.29, 1.82) is 0 Å². The van der Waals surface area contributed by atoms with Gasteiger partial charge in [-0.15, -0.1) is 0 Å². The number of hydrogen-bond donors (Lipinski definition) is 0. The molecule has 0 aliphatic rings.